The molecule has 0 fully saturated rings. The molecule has 2 atom stereocenters. The molecule has 0 aliphatic carbocycles. The van der Waals surface area contributed by atoms with E-state index in [4.69, 9.17) is 0 Å². The van der Waals surface area contributed by atoms with Crippen molar-refractivity contribution in [3.8, 4) is 0 Å². The van der Waals surface area contributed by atoms with Crippen LogP contribution < -0.4 is 5.32 Å². The molecule has 270 valence electrons. The minimum atomic E-state index is -4.36. The molecular weight excluding hydrogens is 607 g/mol. The first-order valence-electron chi connectivity index (χ1n) is 18.6. The fourth-order valence-electron chi connectivity index (χ4n) is 5.10. The van der Waals surface area contributed by atoms with Gasteiger partial charge < -0.3 is 10.4 Å². The second kappa shape index (κ2) is 33.7. The average molecular weight is 676 g/mol. The highest BCUT2D eigenvalue weighted by molar-refractivity contribution is 7.85. The van der Waals surface area contributed by atoms with Gasteiger partial charge in [-0.25, -0.2) is 0 Å². The number of allylic oxidation sites excluding steroid dienone is 11. The Labute approximate surface area is 289 Å². The number of rotatable bonds is 32. The van der Waals surface area contributed by atoms with E-state index in [1.54, 1.807) is 6.08 Å². The lowest BCUT2D eigenvalue weighted by molar-refractivity contribution is -0.122. The number of aliphatic hydroxyl groups is 1. The van der Waals surface area contributed by atoms with Gasteiger partial charge in [-0.1, -0.05) is 151 Å². The van der Waals surface area contributed by atoms with Gasteiger partial charge in [0.05, 0.1) is 17.9 Å². The van der Waals surface area contributed by atoms with Crippen LogP contribution in [0, 0.1) is 0 Å². The van der Waals surface area contributed by atoms with Crippen LogP contribution in [-0.2, 0) is 14.9 Å². The SMILES string of the molecule is CC/C=C\C/C=C\C/C=C\C/C=C\CCCCCCC(=O)NC(CS(=O)(=O)O)C(O)/C=C/CC/C=C/CCCCCCCCCCC. The monoisotopic (exact) mass is 675 g/mol. The predicted octanol–water partition coefficient (Wildman–Crippen LogP) is 10.7. The van der Waals surface area contributed by atoms with Gasteiger partial charge in [0, 0.05) is 6.42 Å². The van der Waals surface area contributed by atoms with Crippen LogP contribution in [0.4, 0.5) is 0 Å². The van der Waals surface area contributed by atoms with Gasteiger partial charge in [-0.05, 0) is 70.6 Å². The highest BCUT2D eigenvalue weighted by Gasteiger charge is 2.24. The summed E-state index contributed by atoms with van der Waals surface area (Å²) in [5.41, 5.74) is 0. The number of unbranched alkanes of at least 4 members (excludes halogenated alkanes) is 14. The molecule has 7 heteroatoms. The van der Waals surface area contributed by atoms with E-state index in [1.807, 2.05) is 0 Å². The van der Waals surface area contributed by atoms with Crippen molar-refractivity contribution in [2.75, 3.05) is 5.75 Å². The molecule has 0 aliphatic heterocycles. The summed E-state index contributed by atoms with van der Waals surface area (Å²) in [6, 6.07) is -1.09. The summed E-state index contributed by atoms with van der Waals surface area (Å²) < 4.78 is 32.4. The Morgan fingerprint density at radius 2 is 1.04 bits per heavy atom. The molecule has 47 heavy (non-hydrogen) atoms. The fourth-order valence-corrected chi connectivity index (χ4v) is 5.84. The molecular formula is C40H69NO5S. The van der Waals surface area contributed by atoms with Crippen LogP contribution >= 0.6 is 0 Å². The van der Waals surface area contributed by atoms with Gasteiger partial charge in [0.15, 0.2) is 0 Å². The molecule has 0 saturated heterocycles. The Bertz CT molecular complexity index is 1010. The Morgan fingerprint density at radius 1 is 0.596 bits per heavy atom. The van der Waals surface area contributed by atoms with Gasteiger partial charge in [0.2, 0.25) is 5.91 Å². The van der Waals surface area contributed by atoms with Gasteiger partial charge in [-0.15, -0.1) is 0 Å². The molecule has 0 heterocycles. The zero-order chi connectivity index (χ0) is 34.7. The maximum atomic E-state index is 12.5. The third-order valence-corrected chi connectivity index (χ3v) is 8.65. The van der Waals surface area contributed by atoms with Crippen LogP contribution in [0.25, 0.3) is 0 Å². The summed E-state index contributed by atoms with van der Waals surface area (Å²) in [5, 5.41) is 13.1. The maximum absolute atomic E-state index is 12.5. The van der Waals surface area contributed by atoms with Crippen molar-refractivity contribution >= 4 is 16.0 Å². The van der Waals surface area contributed by atoms with Crippen molar-refractivity contribution in [3.05, 3.63) is 72.9 Å². The van der Waals surface area contributed by atoms with Crippen molar-refractivity contribution in [2.45, 2.75) is 167 Å². The minimum Gasteiger partial charge on any atom is -0.387 e. The van der Waals surface area contributed by atoms with E-state index in [0.29, 0.717) is 12.8 Å². The molecule has 0 radical (unpaired) electrons. The van der Waals surface area contributed by atoms with E-state index in [-0.39, 0.29) is 12.3 Å². The molecule has 0 bridgehead atoms. The van der Waals surface area contributed by atoms with Crippen molar-refractivity contribution in [1.29, 1.82) is 0 Å². The summed E-state index contributed by atoms with van der Waals surface area (Å²) in [7, 11) is -4.36. The van der Waals surface area contributed by atoms with Crippen molar-refractivity contribution < 1.29 is 22.9 Å². The quantitative estimate of drug-likeness (QED) is 0.0374. The molecule has 0 rings (SSSR count). The number of carbonyl (C=O) groups excluding carboxylic acids is 1. The number of carbonyl (C=O) groups is 1. The molecule has 1 amide bonds. The van der Waals surface area contributed by atoms with Crippen molar-refractivity contribution in [3.63, 3.8) is 0 Å². The van der Waals surface area contributed by atoms with E-state index >= 15 is 0 Å². The van der Waals surface area contributed by atoms with E-state index in [2.05, 4.69) is 79.9 Å². The number of aliphatic hydroxyl groups excluding tert-OH is 1. The molecule has 0 saturated carbocycles. The van der Waals surface area contributed by atoms with Gasteiger partial charge >= 0.3 is 0 Å². The standard InChI is InChI=1S/C40H69NO5S/c1-3-5-7-9-11-13-15-17-19-20-22-24-26-28-30-32-34-36-40(43)41-38(37-47(44,45)46)39(42)35-33-31-29-27-25-23-21-18-16-14-12-10-8-6-4-2/h5,7,11,13,17,19,22,24-25,27,33,35,38-39,42H,3-4,6,8-10,12,14-16,18,20-21,23,26,28-32,34,36-37H2,1-2H3,(H,41,43)(H,44,45,46)/b7-5-,13-11-,19-17-,24-22-,27-25+,35-33+. The fraction of sp³-hybridized carbons (Fsp3) is 0.675. The molecule has 0 aromatic carbocycles. The number of nitrogens with one attached hydrogen (secondary N) is 1. The van der Waals surface area contributed by atoms with Crippen molar-refractivity contribution in [1.82, 2.24) is 5.32 Å². The molecule has 3 N–H and O–H groups in total. The lowest BCUT2D eigenvalue weighted by Gasteiger charge is -2.21. The largest absolute Gasteiger partial charge is 0.387 e. The van der Waals surface area contributed by atoms with Gasteiger partial charge in [-0.3, -0.25) is 9.35 Å². The topological polar surface area (TPSA) is 104 Å². The third kappa shape index (κ3) is 34.9. The number of amides is 1. The molecule has 2 unspecified atom stereocenters. The van der Waals surface area contributed by atoms with E-state index in [0.717, 1.165) is 64.2 Å². The first kappa shape index (κ1) is 44.8. The maximum Gasteiger partial charge on any atom is 0.267 e. The Balaban J connectivity index is 4.11. The summed E-state index contributed by atoms with van der Waals surface area (Å²) in [6.45, 7) is 4.39. The zero-order valence-electron chi connectivity index (χ0n) is 29.9. The summed E-state index contributed by atoms with van der Waals surface area (Å²) in [4.78, 5) is 12.5. The number of hydrogen-bond acceptors (Lipinski definition) is 4. The van der Waals surface area contributed by atoms with Crippen LogP contribution in [0.5, 0.6) is 0 Å². The van der Waals surface area contributed by atoms with Crippen molar-refractivity contribution in [2.24, 2.45) is 0 Å². The summed E-state index contributed by atoms with van der Waals surface area (Å²) in [6.07, 6.45) is 47.4. The highest BCUT2D eigenvalue weighted by Crippen LogP contribution is 2.11. The number of hydrogen-bond donors (Lipinski definition) is 3. The predicted molar refractivity (Wildman–Crippen MR) is 202 cm³/mol. The Kier molecular flexibility index (Phi) is 32.1. The van der Waals surface area contributed by atoms with E-state index < -0.39 is 28.0 Å². The van der Waals surface area contributed by atoms with Crippen LogP contribution in [0.1, 0.15) is 155 Å². The van der Waals surface area contributed by atoms with Gasteiger partial charge in [-0.2, -0.15) is 8.42 Å². The lowest BCUT2D eigenvalue weighted by Crippen LogP contribution is -2.46. The van der Waals surface area contributed by atoms with Crippen LogP contribution in [0.2, 0.25) is 0 Å². The van der Waals surface area contributed by atoms with Crippen LogP contribution in [0.3, 0.4) is 0 Å². The van der Waals surface area contributed by atoms with Crippen LogP contribution in [0.15, 0.2) is 72.9 Å². The van der Waals surface area contributed by atoms with Gasteiger partial charge in [0.25, 0.3) is 10.1 Å². The Hall–Kier alpha value is -2.22. The summed E-state index contributed by atoms with van der Waals surface area (Å²) >= 11 is 0. The van der Waals surface area contributed by atoms with E-state index in [9.17, 15) is 22.9 Å². The smallest absolute Gasteiger partial charge is 0.267 e. The summed E-state index contributed by atoms with van der Waals surface area (Å²) in [5.74, 6) is -1.04. The van der Waals surface area contributed by atoms with Gasteiger partial charge in [0.1, 0.15) is 0 Å². The van der Waals surface area contributed by atoms with E-state index in [1.165, 1.54) is 63.9 Å². The molecule has 0 spiro atoms. The molecule has 0 aliphatic rings. The zero-order valence-corrected chi connectivity index (χ0v) is 30.7. The normalized spacial score (nSPS) is 14.2. The second-order valence-electron chi connectivity index (χ2n) is 12.5. The minimum absolute atomic E-state index is 0.256. The lowest BCUT2D eigenvalue weighted by atomic mass is 10.1. The van der Waals surface area contributed by atoms with Crippen LogP contribution in [-0.4, -0.2) is 41.9 Å². The first-order chi connectivity index (χ1) is 22.8. The average Bonchev–Trinajstić information content (AvgIpc) is 3.03. The third-order valence-electron chi connectivity index (χ3n) is 7.87. The molecule has 0 aromatic heterocycles. The Morgan fingerprint density at radius 3 is 1.60 bits per heavy atom. The second-order valence-corrected chi connectivity index (χ2v) is 14.0. The molecule has 0 aromatic rings. The molecule has 6 nitrogen and oxygen atoms in total. The highest BCUT2D eigenvalue weighted by atomic mass is 32.2. The first-order valence-corrected chi connectivity index (χ1v) is 20.2.